The minimum absolute atomic E-state index is 0.123. The van der Waals surface area contributed by atoms with E-state index >= 15 is 0 Å². The number of nitrogens with one attached hydrogen (secondary N) is 2. The number of aromatic nitrogens is 1. The third-order valence-electron chi connectivity index (χ3n) is 4.72. The quantitative estimate of drug-likeness (QED) is 0.373. The number of hydrogen-bond acceptors (Lipinski definition) is 5. The second-order valence-corrected chi connectivity index (χ2v) is 9.57. The Bertz CT molecular complexity index is 802. The van der Waals surface area contributed by atoms with Gasteiger partial charge in [0.05, 0.1) is 0 Å². The normalized spacial score (nSPS) is 17.9. The first-order chi connectivity index (χ1) is 13.0. The summed E-state index contributed by atoms with van der Waals surface area (Å²) in [5.41, 5.74) is 1.57. The lowest BCUT2D eigenvalue weighted by Gasteiger charge is -2.14. The highest BCUT2D eigenvalue weighted by molar-refractivity contribution is 8.77. The van der Waals surface area contributed by atoms with E-state index in [9.17, 15) is 19.8 Å². The monoisotopic (exact) mass is 408 g/mol. The van der Waals surface area contributed by atoms with E-state index in [0.29, 0.717) is 11.7 Å². The summed E-state index contributed by atoms with van der Waals surface area (Å²) in [7, 11) is 3.85. The maximum atomic E-state index is 12.2. The maximum absolute atomic E-state index is 12.2. The zero-order chi connectivity index (χ0) is 19.2. The molecule has 0 spiro atoms. The Morgan fingerprint density at radius 3 is 2.93 bits per heavy atom. The molecule has 1 unspecified atom stereocenters. The van der Waals surface area contributed by atoms with Crippen molar-refractivity contribution >= 4 is 44.4 Å². The lowest BCUT2D eigenvalue weighted by molar-refractivity contribution is -0.141. The van der Waals surface area contributed by atoms with E-state index in [-0.39, 0.29) is 18.1 Å². The number of benzene rings is 1. The fourth-order valence-electron chi connectivity index (χ4n) is 3.24. The molecular weight excluding hydrogens is 384 g/mol. The lowest BCUT2D eigenvalue weighted by Crippen LogP contribution is -2.42. The molecular formula is C19H24N2O4S2. The molecule has 0 radical (unpaired) electrons. The topological polar surface area (TPSA) is 102 Å². The predicted molar refractivity (Wildman–Crippen MR) is 110 cm³/mol. The number of aromatic amines is 1. The lowest BCUT2D eigenvalue weighted by atomic mass is 10.0. The van der Waals surface area contributed by atoms with Crippen molar-refractivity contribution in [3.8, 4) is 5.75 Å². The van der Waals surface area contributed by atoms with Crippen LogP contribution in [-0.4, -0.2) is 44.1 Å². The minimum Gasteiger partial charge on any atom is -0.508 e. The first-order valence-electron chi connectivity index (χ1n) is 9.12. The molecule has 27 heavy (non-hydrogen) atoms. The van der Waals surface area contributed by atoms with E-state index in [1.54, 1.807) is 24.4 Å². The SMILES string of the molecule is O=C(CCCCC1CCSS1)N[C@@H](Cc1c[nH]c2ccc(O)cc12)C(=O)O. The number of fused-ring (bicyclic) bond motifs is 1. The fraction of sp³-hybridized carbons (Fsp3) is 0.474. The van der Waals surface area contributed by atoms with Gasteiger partial charge in [0, 0.05) is 40.9 Å². The molecule has 1 aliphatic rings. The second kappa shape index (κ2) is 9.41. The molecule has 3 rings (SSSR count). The molecule has 1 aromatic heterocycles. The van der Waals surface area contributed by atoms with E-state index in [1.807, 2.05) is 21.6 Å². The third-order valence-corrected chi connectivity index (χ3v) is 7.72. The molecule has 4 N–H and O–H groups in total. The number of H-pyrrole nitrogens is 1. The second-order valence-electron chi connectivity index (χ2n) is 6.78. The summed E-state index contributed by atoms with van der Waals surface area (Å²) in [5.74, 6) is 0.0516. The number of aliphatic carboxylic acids is 1. The number of phenols is 1. The molecule has 8 heteroatoms. The van der Waals surface area contributed by atoms with Gasteiger partial charge in [-0.1, -0.05) is 28.0 Å². The number of hydrogen-bond donors (Lipinski definition) is 4. The van der Waals surface area contributed by atoms with Gasteiger partial charge in [0.2, 0.25) is 5.91 Å². The third kappa shape index (κ3) is 5.59. The van der Waals surface area contributed by atoms with Crippen LogP contribution in [0.1, 0.15) is 37.7 Å². The molecule has 2 heterocycles. The zero-order valence-corrected chi connectivity index (χ0v) is 16.6. The Morgan fingerprint density at radius 1 is 1.33 bits per heavy atom. The number of phenolic OH excluding ortho intramolecular Hbond substituents is 1. The van der Waals surface area contributed by atoms with Gasteiger partial charge >= 0.3 is 5.97 Å². The van der Waals surface area contributed by atoms with Crippen molar-refractivity contribution in [2.75, 3.05) is 5.75 Å². The first-order valence-corrected chi connectivity index (χ1v) is 11.5. The molecule has 1 saturated heterocycles. The van der Waals surface area contributed by atoms with Crippen LogP contribution in [0.5, 0.6) is 5.75 Å². The average molecular weight is 409 g/mol. The van der Waals surface area contributed by atoms with Crippen molar-refractivity contribution in [3.63, 3.8) is 0 Å². The minimum atomic E-state index is -1.06. The largest absolute Gasteiger partial charge is 0.508 e. The molecule has 0 bridgehead atoms. The van der Waals surface area contributed by atoms with Crippen LogP contribution in [-0.2, 0) is 16.0 Å². The van der Waals surface area contributed by atoms with Crippen LogP contribution in [0.2, 0.25) is 0 Å². The highest BCUT2D eigenvalue weighted by atomic mass is 33.1. The number of carbonyl (C=O) groups is 2. The summed E-state index contributed by atoms with van der Waals surface area (Å²) in [4.78, 5) is 26.8. The van der Waals surface area contributed by atoms with Gasteiger partial charge in [0.25, 0.3) is 0 Å². The van der Waals surface area contributed by atoms with Crippen molar-refractivity contribution in [1.82, 2.24) is 10.3 Å². The van der Waals surface area contributed by atoms with E-state index in [1.165, 1.54) is 12.2 Å². The first kappa shape index (κ1) is 19.9. The highest BCUT2D eigenvalue weighted by Gasteiger charge is 2.22. The molecule has 146 valence electrons. The molecule has 0 saturated carbocycles. The van der Waals surface area contributed by atoms with Gasteiger partial charge in [-0.05, 0) is 43.0 Å². The van der Waals surface area contributed by atoms with E-state index < -0.39 is 12.0 Å². The van der Waals surface area contributed by atoms with Crippen LogP contribution in [0.4, 0.5) is 0 Å². The van der Waals surface area contributed by atoms with Crippen molar-refractivity contribution in [2.45, 2.75) is 49.8 Å². The number of amides is 1. The highest BCUT2D eigenvalue weighted by Crippen LogP contribution is 2.39. The van der Waals surface area contributed by atoms with Gasteiger partial charge < -0.3 is 20.5 Å². The summed E-state index contributed by atoms with van der Waals surface area (Å²) >= 11 is 0. The van der Waals surface area contributed by atoms with Gasteiger partial charge in [-0.2, -0.15) is 0 Å². The van der Waals surface area contributed by atoms with Gasteiger partial charge in [0.15, 0.2) is 0 Å². The molecule has 6 nitrogen and oxygen atoms in total. The van der Waals surface area contributed by atoms with Crippen molar-refractivity contribution in [1.29, 1.82) is 0 Å². The van der Waals surface area contributed by atoms with Crippen molar-refractivity contribution < 1.29 is 19.8 Å². The average Bonchev–Trinajstić information content (AvgIpc) is 3.28. The van der Waals surface area contributed by atoms with E-state index in [0.717, 1.165) is 35.7 Å². The van der Waals surface area contributed by atoms with Gasteiger partial charge in [-0.15, -0.1) is 0 Å². The summed E-state index contributed by atoms with van der Waals surface area (Å²) in [6, 6.07) is 3.92. The van der Waals surface area contributed by atoms with Crippen LogP contribution >= 0.6 is 21.6 Å². The van der Waals surface area contributed by atoms with Crippen LogP contribution in [0.15, 0.2) is 24.4 Å². The Kier molecular flexibility index (Phi) is 6.95. The van der Waals surface area contributed by atoms with Crippen LogP contribution in [0, 0.1) is 0 Å². The van der Waals surface area contributed by atoms with Gasteiger partial charge in [-0.25, -0.2) is 4.79 Å². The number of carboxylic acids is 1. The smallest absolute Gasteiger partial charge is 0.326 e. The molecule has 0 aliphatic carbocycles. The fourth-order valence-corrected chi connectivity index (χ4v) is 6.27. The van der Waals surface area contributed by atoms with Gasteiger partial charge in [-0.3, -0.25) is 4.79 Å². The Labute approximate surface area is 165 Å². The molecule has 2 aromatic rings. The number of unbranched alkanes of at least 4 members (excludes halogenated alkanes) is 1. The Balaban J connectivity index is 1.51. The standard InChI is InChI=1S/C19H24N2O4S2/c22-13-5-6-16-15(10-13)12(11-20-16)9-17(19(24)25)21-18(23)4-2-1-3-14-7-8-26-27-14/h5-6,10-11,14,17,20,22H,1-4,7-9H2,(H,21,23)(H,24,25)/t14?,17-/m0/s1. The predicted octanol–water partition coefficient (Wildman–Crippen LogP) is 3.70. The number of carbonyl (C=O) groups excluding carboxylic acids is 1. The molecule has 1 aromatic carbocycles. The van der Waals surface area contributed by atoms with Crippen LogP contribution in [0.3, 0.4) is 0 Å². The van der Waals surface area contributed by atoms with E-state index in [4.69, 9.17) is 0 Å². The Morgan fingerprint density at radius 2 is 2.19 bits per heavy atom. The van der Waals surface area contributed by atoms with E-state index in [2.05, 4.69) is 10.3 Å². The maximum Gasteiger partial charge on any atom is 0.326 e. The van der Waals surface area contributed by atoms with Crippen molar-refractivity contribution in [2.24, 2.45) is 0 Å². The number of aromatic hydroxyl groups is 1. The molecule has 2 atom stereocenters. The Hall–Kier alpha value is -1.80. The molecule has 1 fully saturated rings. The number of carboxylic acid groups (broad SMARTS) is 1. The van der Waals surface area contributed by atoms with Gasteiger partial charge in [0.1, 0.15) is 11.8 Å². The summed E-state index contributed by atoms with van der Waals surface area (Å²) in [5, 5.41) is 23.2. The summed E-state index contributed by atoms with van der Waals surface area (Å²) in [6.45, 7) is 0. The summed E-state index contributed by atoms with van der Waals surface area (Å²) in [6.07, 6.45) is 6.37. The van der Waals surface area contributed by atoms with Crippen LogP contribution < -0.4 is 5.32 Å². The molecule has 1 aliphatic heterocycles. The van der Waals surface area contributed by atoms with Crippen LogP contribution in [0.25, 0.3) is 10.9 Å². The number of rotatable bonds is 9. The van der Waals surface area contributed by atoms with Crippen molar-refractivity contribution in [3.05, 3.63) is 30.0 Å². The summed E-state index contributed by atoms with van der Waals surface area (Å²) < 4.78 is 0. The molecule has 1 amide bonds. The zero-order valence-electron chi connectivity index (χ0n) is 14.9.